The molecule has 0 spiro atoms. The molecular formula is C25H33NO4. The number of aliphatic hydroxyl groups is 1. The van der Waals surface area contributed by atoms with Crippen molar-refractivity contribution < 1.29 is 19.4 Å². The summed E-state index contributed by atoms with van der Waals surface area (Å²) < 4.78 is 11.5. The van der Waals surface area contributed by atoms with Gasteiger partial charge in [0.05, 0.1) is 6.10 Å². The summed E-state index contributed by atoms with van der Waals surface area (Å²) >= 11 is 0. The molecule has 5 heteroatoms. The largest absolute Gasteiger partial charge is 0.491 e. The number of ether oxygens (including phenoxy) is 2. The van der Waals surface area contributed by atoms with Crippen LogP contribution in [-0.2, 0) is 11.3 Å². The minimum Gasteiger partial charge on any atom is -0.491 e. The number of carbonyl (C=O) groups excluding carboxylic acids is 1. The van der Waals surface area contributed by atoms with Gasteiger partial charge in [0.2, 0.25) is 0 Å². The van der Waals surface area contributed by atoms with Crippen molar-refractivity contribution in [1.29, 1.82) is 0 Å². The molecule has 0 saturated carbocycles. The summed E-state index contributed by atoms with van der Waals surface area (Å²) in [5.41, 5.74) is 3.17. The number of hydrogen-bond acceptors (Lipinski definition) is 5. The van der Waals surface area contributed by atoms with Gasteiger partial charge in [-0.05, 0) is 54.2 Å². The Morgan fingerprint density at radius 1 is 1.17 bits per heavy atom. The van der Waals surface area contributed by atoms with E-state index >= 15 is 0 Å². The third kappa shape index (κ3) is 6.94. The van der Waals surface area contributed by atoms with E-state index in [1.54, 1.807) is 24.3 Å². The predicted molar refractivity (Wildman–Crippen MR) is 118 cm³/mol. The van der Waals surface area contributed by atoms with Crippen LogP contribution in [0.4, 0.5) is 0 Å². The van der Waals surface area contributed by atoms with E-state index in [1.165, 1.54) is 11.1 Å². The first-order chi connectivity index (χ1) is 14.5. The topological polar surface area (TPSA) is 59.0 Å². The van der Waals surface area contributed by atoms with Crippen LogP contribution in [0.1, 0.15) is 54.1 Å². The lowest BCUT2D eigenvalue weighted by Gasteiger charge is -2.27. The minimum absolute atomic E-state index is 0.203. The van der Waals surface area contributed by atoms with Crippen LogP contribution in [-0.4, -0.2) is 54.8 Å². The molecule has 0 aromatic heterocycles. The minimum atomic E-state index is -0.618. The molecule has 3 rings (SSSR count). The number of hydrogen-bond donors (Lipinski definition) is 1. The van der Waals surface area contributed by atoms with Crippen LogP contribution in [0.3, 0.4) is 0 Å². The zero-order valence-electron chi connectivity index (χ0n) is 18.0. The van der Waals surface area contributed by atoms with Gasteiger partial charge in [-0.2, -0.15) is 0 Å². The number of benzene rings is 2. The van der Waals surface area contributed by atoms with Gasteiger partial charge < -0.3 is 14.6 Å². The molecule has 0 amide bonds. The van der Waals surface area contributed by atoms with Crippen molar-refractivity contribution in [1.82, 2.24) is 4.90 Å². The molecule has 1 saturated heterocycles. The van der Waals surface area contributed by atoms with E-state index in [9.17, 15) is 9.90 Å². The Balaban J connectivity index is 1.56. The number of aliphatic hydroxyl groups excluding tert-OH is 1. The molecule has 2 aromatic carbocycles. The van der Waals surface area contributed by atoms with Crippen molar-refractivity contribution in [3.05, 3.63) is 65.2 Å². The van der Waals surface area contributed by atoms with Crippen LogP contribution in [0.5, 0.6) is 5.75 Å². The number of nitrogens with zero attached hydrogens (tertiary/aromatic N) is 1. The zero-order valence-corrected chi connectivity index (χ0v) is 18.0. The van der Waals surface area contributed by atoms with Gasteiger partial charge >= 0.3 is 0 Å². The maximum absolute atomic E-state index is 10.8. The number of rotatable bonds is 11. The first-order valence-corrected chi connectivity index (χ1v) is 10.8. The van der Waals surface area contributed by atoms with Crippen LogP contribution in [0.2, 0.25) is 0 Å². The Morgan fingerprint density at radius 2 is 1.90 bits per heavy atom. The fraction of sp³-hybridized carbons (Fsp3) is 0.480. The van der Waals surface area contributed by atoms with Crippen molar-refractivity contribution in [2.75, 3.05) is 26.3 Å². The van der Waals surface area contributed by atoms with Gasteiger partial charge in [0, 0.05) is 31.8 Å². The van der Waals surface area contributed by atoms with E-state index in [1.807, 2.05) is 0 Å². The molecule has 1 heterocycles. The van der Waals surface area contributed by atoms with Crippen LogP contribution in [0, 0.1) is 0 Å². The smallest absolute Gasteiger partial charge is 0.150 e. The molecule has 0 bridgehead atoms. The monoisotopic (exact) mass is 411 g/mol. The van der Waals surface area contributed by atoms with Gasteiger partial charge in [0.1, 0.15) is 24.7 Å². The fourth-order valence-electron chi connectivity index (χ4n) is 3.73. The SMILES string of the molecule is CC(C)c1ccc(CN(CC(O)COc2ccc(C=O)cc2)CC2CCCO2)cc1. The van der Waals surface area contributed by atoms with Crippen molar-refractivity contribution in [3.63, 3.8) is 0 Å². The Hall–Kier alpha value is -2.21. The lowest BCUT2D eigenvalue weighted by Crippen LogP contribution is -2.39. The highest BCUT2D eigenvalue weighted by Gasteiger charge is 2.21. The molecule has 0 radical (unpaired) electrons. The van der Waals surface area contributed by atoms with Crippen molar-refractivity contribution >= 4 is 6.29 Å². The Morgan fingerprint density at radius 3 is 2.50 bits per heavy atom. The van der Waals surface area contributed by atoms with E-state index in [-0.39, 0.29) is 12.7 Å². The standard InChI is InChI=1S/C25H33NO4/c1-19(2)22-9-5-20(6-10-22)14-26(16-25-4-3-13-29-25)15-23(28)18-30-24-11-7-21(17-27)8-12-24/h5-12,17,19,23,25,28H,3-4,13-16,18H2,1-2H3. The lowest BCUT2D eigenvalue weighted by atomic mass is 10.0. The maximum Gasteiger partial charge on any atom is 0.150 e. The highest BCUT2D eigenvalue weighted by molar-refractivity contribution is 5.74. The second-order valence-electron chi connectivity index (χ2n) is 8.38. The average Bonchev–Trinajstić information content (AvgIpc) is 3.26. The summed E-state index contributed by atoms with van der Waals surface area (Å²) in [6.45, 7) is 7.50. The molecule has 1 aliphatic rings. The van der Waals surface area contributed by atoms with Crippen LogP contribution >= 0.6 is 0 Å². The molecule has 2 atom stereocenters. The van der Waals surface area contributed by atoms with E-state index in [2.05, 4.69) is 43.0 Å². The summed E-state index contributed by atoms with van der Waals surface area (Å²) in [6.07, 6.45) is 2.58. The normalized spacial score (nSPS) is 17.4. The third-order valence-electron chi connectivity index (χ3n) is 5.47. The second kappa shape index (κ2) is 11.3. The molecule has 2 aromatic rings. The summed E-state index contributed by atoms with van der Waals surface area (Å²) in [7, 11) is 0. The maximum atomic E-state index is 10.8. The third-order valence-corrected chi connectivity index (χ3v) is 5.47. The molecule has 2 unspecified atom stereocenters. The quantitative estimate of drug-likeness (QED) is 0.566. The first-order valence-electron chi connectivity index (χ1n) is 10.8. The van der Waals surface area contributed by atoms with Crippen molar-refractivity contribution in [2.24, 2.45) is 0 Å². The van der Waals surface area contributed by atoms with E-state index in [0.29, 0.717) is 23.8 Å². The van der Waals surface area contributed by atoms with Gasteiger partial charge in [-0.25, -0.2) is 0 Å². The Bertz CT molecular complexity index is 767. The zero-order chi connectivity index (χ0) is 21.3. The highest BCUT2D eigenvalue weighted by Crippen LogP contribution is 2.18. The van der Waals surface area contributed by atoms with Crippen LogP contribution in [0.15, 0.2) is 48.5 Å². The fourth-order valence-corrected chi connectivity index (χ4v) is 3.73. The number of aldehydes is 1. The summed E-state index contributed by atoms with van der Waals surface area (Å²) in [5.74, 6) is 1.16. The predicted octanol–water partition coefficient (Wildman–Crippen LogP) is 4.04. The van der Waals surface area contributed by atoms with E-state index in [0.717, 1.165) is 38.8 Å². The average molecular weight is 412 g/mol. The van der Waals surface area contributed by atoms with Gasteiger partial charge in [-0.3, -0.25) is 9.69 Å². The van der Waals surface area contributed by atoms with Crippen molar-refractivity contribution in [3.8, 4) is 5.75 Å². The van der Waals surface area contributed by atoms with Crippen molar-refractivity contribution in [2.45, 2.75) is 51.4 Å². The summed E-state index contributed by atoms with van der Waals surface area (Å²) in [5, 5.41) is 10.6. The van der Waals surface area contributed by atoms with Gasteiger partial charge in [0.25, 0.3) is 0 Å². The lowest BCUT2D eigenvalue weighted by molar-refractivity contribution is 0.0313. The van der Waals surface area contributed by atoms with E-state index in [4.69, 9.17) is 9.47 Å². The van der Waals surface area contributed by atoms with Gasteiger partial charge in [0.15, 0.2) is 0 Å². The molecule has 162 valence electrons. The molecule has 1 fully saturated rings. The molecule has 5 nitrogen and oxygen atoms in total. The summed E-state index contributed by atoms with van der Waals surface area (Å²) in [6, 6.07) is 15.6. The summed E-state index contributed by atoms with van der Waals surface area (Å²) in [4.78, 5) is 13.0. The van der Waals surface area contributed by atoms with Gasteiger partial charge in [-0.1, -0.05) is 38.1 Å². The van der Waals surface area contributed by atoms with Gasteiger partial charge in [-0.15, -0.1) is 0 Å². The Kier molecular flexibility index (Phi) is 8.43. The number of carbonyl (C=O) groups is 1. The Labute approximate surface area is 179 Å². The van der Waals surface area contributed by atoms with Crippen LogP contribution in [0.25, 0.3) is 0 Å². The molecule has 30 heavy (non-hydrogen) atoms. The van der Waals surface area contributed by atoms with E-state index < -0.39 is 6.10 Å². The van der Waals surface area contributed by atoms with Crippen LogP contribution < -0.4 is 4.74 Å². The highest BCUT2D eigenvalue weighted by atomic mass is 16.5. The molecule has 0 aliphatic carbocycles. The second-order valence-corrected chi connectivity index (χ2v) is 8.38. The first kappa shape index (κ1) is 22.5. The molecular weight excluding hydrogens is 378 g/mol. The molecule has 1 aliphatic heterocycles. The molecule has 1 N–H and O–H groups in total.